The summed E-state index contributed by atoms with van der Waals surface area (Å²) >= 11 is 0. The molecule has 1 aromatic carbocycles. The number of rotatable bonds is 4. The number of nitrogens with one attached hydrogen (secondary N) is 1. The number of methoxy groups -OCH3 is 1. The number of aryl methyl sites for hydroxylation is 1. The maximum Gasteiger partial charge on any atom is 0.316 e. The van der Waals surface area contributed by atoms with Gasteiger partial charge >= 0.3 is 5.97 Å². The third kappa shape index (κ3) is 3.73. The van der Waals surface area contributed by atoms with Crippen LogP contribution in [0.1, 0.15) is 26.3 Å². The van der Waals surface area contributed by atoms with Crippen molar-refractivity contribution in [3.63, 3.8) is 0 Å². The van der Waals surface area contributed by atoms with Gasteiger partial charge in [-0.15, -0.1) is 0 Å². The number of hydrogen-bond donors (Lipinski definition) is 2. The second kappa shape index (κ2) is 5.94. The van der Waals surface area contributed by atoms with Crippen molar-refractivity contribution < 1.29 is 19.4 Å². The Morgan fingerprint density at radius 1 is 1.30 bits per heavy atom. The lowest BCUT2D eigenvalue weighted by molar-refractivity contribution is -0.149. The van der Waals surface area contributed by atoms with Crippen LogP contribution in [0, 0.1) is 18.3 Å². The largest absolute Gasteiger partial charge is 0.497 e. The van der Waals surface area contributed by atoms with Crippen molar-refractivity contribution in [2.75, 3.05) is 12.4 Å². The molecular weight excluding hydrogens is 258 g/mol. The van der Waals surface area contributed by atoms with Crippen LogP contribution in [0.4, 0.5) is 5.69 Å². The van der Waals surface area contributed by atoms with Gasteiger partial charge in [-0.3, -0.25) is 9.59 Å². The summed E-state index contributed by atoms with van der Waals surface area (Å²) in [4.78, 5) is 23.5. The third-order valence-corrected chi connectivity index (χ3v) is 3.07. The van der Waals surface area contributed by atoms with E-state index in [4.69, 9.17) is 4.74 Å². The van der Waals surface area contributed by atoms with Crippen LogP contribution in [0.2, 0.25) is 0 Å². The number of ether oxygens (including phenoxy) is 1. The van der Waals surface area contributed by atoms with E-state index in [0.717, 1.165) is 5.56 Å². The number of anilines is 1. The molecule has 1 aromatic rings. The summed E-state index contributed by atoms with van der Waals surface area (Å²) in [5, 5.41) is 11.9. The summed E-state index contributed by atoms with van der Waals surface area (Å²) in [7, 11) is 1.56. The zero-order chi connectivity index (χ0) is 15.5. The molecule has 0 aliphatic rings. The molecule has 1 unspecified atom stereocenters. The Balaban J connectivity index is 2.97. The maximum absolute atomic E-state index is 12.2. The average Bonchev–Trinajstić information content (AvgIpc) is 2.29. The van der Waals surface area contributed by atoms with Crippen molar-refractivity contribution in [3.8, 4) is 5.75 Å². The molecule has 0 saturated heterocycles. The Kier molecular flexibility index (Phi) is 4.76. The van der Waals surface area contributed by atoms with E-state index in [1.165, 1.54) is 0 Å². The molecule has 5 heteroatoms. The number of carbonyl (C=O) groups is 2. The van der Waals surface area contributed by atoms with Crippen molar-refractivity contribution in [1.82, 2.24) is 0 Å². The van der Waals surface area contributed by atoms with Gasteiger partial charge < -0.3 is 15.2 Å². The fraction of sp³-hybridized carbons (Fsp3) is 0.467. The summed E-state index contributed by atoms with van der Waals surface area (Å²) in [6, 6.07) is 5.20. The molecule has 2 N–H and O–H groups in total. The SMILES string of the molecule is COc1ccc(NC(=O)C(C(=O)O)C(C)(C)C)c(C)c1. The third-order valence-electron chi connectivity index (χ3n) is 3.07. The molecular formula is C15H21NO4. The highest BCUT2D eigenvalue weighted by Crippen LogP contribution is 2.28. The predicted octanol–water partition coefficient (Wildman–Crippen LogP) is 2.69. The van der Waals surface area contributed by atoms with Gasteiger partial charge in [-0.25, -0.2) is 0 Å². The van der Waals surface area contributed by atoms with Crippen LogP contribution in [0.25, 0.3) is 0 Å². The zero-order valence-corrected chi connectivity index (χ0v) is 12.5. The first kappa shape index (κ1) is 16.0. The Bertz CT molecular complexity index is 517. The molecule has 110 valence electrons. The van der Waals surface area contributed by atoms with Crippen molar-refractivity contribution in [2.24, 2.45) is 11.3 Å². The summed E-state index contributed by atoms with van der Waals surface area (Å²) in [5.74, 6) is -2.06. The fourth-order valence-corrected chi connectivity index (χ4v) is 1.98. The second-order valence-corrected chi connectivity index (χ2v) is 5.81. The molecule has 0 radical (unpaired) electrons. The molecule has 20 heavy (non-hydrogen) atoms. The average molecular weight is 279 g/mol. The summed E-state index contributed by atoms with van der Waals surface area (Å²) in [5.41, 5.74) is 0.748. The van der Waals surface area contributed by atoms with Gasteiger partial charge in [0.25, 0.3) is 0 Å². The van der Waals surface area contributed by atoms with Crippen molar-refractivity contribution >= 4 is 17.6 Å². The van der Waals surface area contributed by atoms with Gasteiger partial charge in [-0.2, -0.15) is 0 Å². The highest BCUT2D eigenvalue weighted by atomic mass is 16.5. The molecule has 1 rings (SSSR count). The van der Waals surface area contributed by atoms with E-state index in [1.54, 1.807) is 46.1 Å². The van der Waals surface area contributed by atoms with E-state index in [9.17, 15) is 14.7 Å². The van der Waals surface area contributed by atoms with Gasteiger partial charge in [-0.1, -0.05) is 20.8 Å². The standard InChI is InChI=1S/C15H21NO4/c1-9-8-10(20-5)6-7-11(9)16-13(17)12(14(18)19)15(2,3)4/h6-8,12H,1-5H3,(H,16,17)(H,18,19). The topological polar surface area (TPSA) is 75.6 Å². The monoisotopic (exact) mass is 279 g/mol. The van der Waals surface area contributed by atoms with Crippen LogP contribution in [-0.2, 0) is 9.59 Å². The number of carbonyl (C=O) groups excluding carboxylic acids is 1. The summed E-state index contributed by atoms with van der Waals surface area (Å²) < 4.78 is 5.09. The maximum atomic E-state index is 12.2. The summed E-state index contributed by atoms with van der Waals surface area (Å²) in [6.45, 7) is 7.01. The smallest absolute Gasteiger partial charge is 0.316 e. The minimum absolute atomic E-state index is 0.515. The number of hydrogen-bond acceptors (Lipinski definition) is 3. The predicted molar refractivity (Wildman–Crippen MR) is 76.9 cm³/mol. The molecule has 0 fully saturated rings. The van der Waals surface area contributed by atoms with E-state index in [0.29, 0.717) is 11.4 Å². The first-order valence-corrected chi connectivity index (χ1v) is 6.35. The quantitative estimate of drug-likeness (QED) is 0.831. The number of carboxylic acids is 1. The molecule has 5 nitrogen and oxygen atoms in total. The van der Waals surface area contributed by atoms with Crippen LogP contribution in [0.5, 0.6) is 5.75 Å². The van der Waals surface area contributed by atoms with Gasteiger partial charge in [0.1, 0.15) is 11.7 Å². The molecule has 1 atom stereocenters. The second-order valence-electron chi connectivity index (χ2n) is 5.81. The Labute approximate surface area is 118 Å². The minimum atomic E-state index is -1.12. The van der Waals surface area contributed by atoms with Gasteiger partial charge in [0.2, 0.25) is 5.91 Å². The highest BCUT2D eigenvalue weighted by molar-refractivity contribution is 6.05. The molecule has 0 aliphatic carbocycles. The minimum Gasteiger partial charge on any atom is -0.497 e. The number of aliphatic carboxylic acids is 1. The normalized spacial score (nSPS) is 12.7. The number of carboxylic acid groups (broad SMARTS) is 1. The molecule has 1 amide bonds. The zero-order valence-electron chi connectivity index (χ0n) is 12.5. The van der Waals surface area contributed by atoms with E-state index in [2.05, 4.69) is 5.32 Å². The fourth-order valence-electron chi connectivity index (χ4n) is 1.98. The molecule has 0 aromatic heterocycles. The first-order valence-electron chi connectivity index (χ1n) is 6.35. The van der Waals surface area contributed by atoms with Crippen molar-refractivity contribution in [2.45, 2.75) is 27.7 Å². The Morgan fingerprint density at radius 2 is 1.90 bits per heavy atom. The van der Waals surface area contributed by atoms with E-state index < -0.39 is 23.2 Å². The molecule has 0 saturated carbocycles. The van der Waals surface area contributed by atoms with E-state index >= 15 is 0 Å². The van der Waals surface area contributed by atoms with Crippen LogP contribution in [0.15, 0.2) is 18.2 Å². The Morgan fingerprint density at radius 3 is 2.30 bits per heavy atom. The molecule has 0 bridgehead atoms. The lowest BCUT2D eigenvalue weighted by atomic mass is 9.80. The van der Waals surface area contributed by atoms with Gasteiger partial charge in [0.05, 0.1) is 7.11 Å². The van der Waals surface area contributed by atoms with Gasteiger partial charge in [-0.05, 0) is 36.1 Å². The van der Waals surface area contributed by atoms with Gasteiger partial charge in [0.15, 0.2) is 0 Å². The number of benzene rings is 1. The van der Waals surface area contributed by atoms with Crippen molar-refractivity contribution in [3.05, 3.63) is 23.8 Å². The molecule has 0 aliphatic heterocycles. The lowest BCUT2D eigenvalue weighted by Crippen LogP contribution is -2.39. The number of amides is 1. The lowest BCUT2D eigenvalue weighted by Gasteiger charge is -2.26. The van der Waals surface area contributed by atoms with Crippen LogP contribution >= 0.6 is 0 Å². The van der Waals surface area contributed by atoms with Crippen LogP contribution in [0.3, 0.4) is 0 Å². The summed E-state index contributed by atoms with van der Waals surface area (Å²) in [6.07, 6.45) is 0. The van der Waals surface area contributed by atoms with E-state index in [-0.39, 0.29) is 0 Å². The van der Waals surface area contributed by atoms with E-state index in [1.807, 2.05) is 6.92 Å². The van der Waals surface area contributed by atoms with Crippen LogP contribution < -0.4 is 10.1 Å². The molecule has 0 heterocycles. The van der Waals surface area contributed by atoms with Crippen LogP contribution in [-0.4, -0.2) is 24.1 Å². The first-order chi connectivity index (χ1) is 9.16. The molecule has 0 spiro atoms. The van der Waals surface area contributed by atoms with Gasteiger partial charge in [0, 0.05) is 5.69 Å². The Hall–Kier alpha value is -2.04. The highest BCUT2D eigenvalue weighted by Gasteiger charge is 2.37. The van der Waals surface area contributed by atoms with Crippen molar-refractivity contribution in [1.29, 1.82) is 0 Å².